The molecule has 0 aliphatic carbocycles. The largest absolute Gasteiger partial charge is 0.372 e. The van der Waals surface area contributed by atoms with Crippen LogP contribution in [0.4, 0.5) is 5.82 Å². The smallest absolute Gasteiger partial charge is 0.137 e. The number of nitrogens with zero attached hydrogens (tertiary/aromatic N) is 3. The number of ether oxygens (including phenoxy) is 1. The lowest BCUT2D eigenvalue weighted by molar-refractivity contribution is -0.00551. The fourth-order valence-electron chi connectivity index (χ4n) is 2.47. The van der Waals surface area contributed by atoms with Crippen LogP contribution in [0.3, 0.4) is 0 Å². The maximum absolute atomic E-state index is 6.19. The summed E-state index contributed by atoms with van der Waals surface area (Å²) in [6.07, 6.45) is 3.93. The molecule has 2 heterocycles. The standard InChI is InChI=1S/C13H20ClN3O/c1-4-5-11-12(14)15-8-16-13(11)17-6-9(2)18-10(3)7-17/h8-10H,4-7H2,1-3H3/t9-,10+. The lowest BCUT2D eigenvalue weighted by Crippen LogP contribution is -2.46. The van der Waals surface area contributed by atoms with Crippen molar-refractivity contribution in [3.05, 3.63) is 17.0 Å². The van der Waals surface area contributed by atoms with Crippen LogP contribution in [0.25, 0.3) is 0 Å². The first-order chi connectivity index (χ1) is 8.61. The van der Waals surface area contributed by atoms with E-state index < -0.39 is 0 Å². The van der Waals surface area contributed by atoms with Crippen molar-refractivity contribution in [2.75, 3.05) is 18.0 Å². The quantitative estimate of drug-likeness (QED) is 0.791. The van der Waals surface area contributed by atoms with Gasteiger partial charge in [-0.15, -0.1) is 0 Å². The van der Waals surface area contributed by atoms with Crippen molar-refractivity contribution in [1.29, 1.82) is 0 Å². The molecule has 0 saturated carbocycles. The molecule has 18 heavy (non-hydrogen) atoms. The van der Waals surface area contributed by atoms with Crippen LogP contribution in [0.5, 0.6) is 0 Å². The number of rotatable bonds is 3. The molecule has 0 radical (unpaired) electrons. The molecule has 4 nitrogen and oxygen atoms in total. The zero-order chi connectivity index (χ0) is 13.1. The van der Waals surface area contributed by atoms with E-state index in [1.807, 2.05) is 0 Å². The Morgan fingerprint density at radius 1 is 1.33 bits per heavy atom. The van der Waals surface area contributed by atoms with Crippen LogP contribution in [0.2, 0.25) is 5.15 Å². The lowest BCUT2D eigenvalue weighted by Gasteiger charge is -2.36. The first kappa shape index (κ1) is 13.6. The Bertz CT molecular complexity index is 403. The molecule has 1 aliphatic heterocycles. The highest BCUT2D eigenvalue weighted by atomic mass is 35.5. The van der Waals surface area contributed by atoms with Crippen LogP contribution in [-0.4, -0.2) is 35.3 Å². The highest BCUT2D eigenvalue weighted by Gasteiger charge is 2.25. The highest BCUT2D eigenvalue weighted by molar-refractivity contribution is 6.30. The van der Waals surface area contributed by atoms with Crippen molar-refractivity contribution >= 4 is 17.4 Å². The maximum Gasteiger partial charge on any atom is 0.137 e. The molecule has 1 aliphatic rings. The molecule has 100 valence electrons. The summed E-state index contributed by atoms with van der Waals surface area (Å²) in [4.78, 5) is 10.8. The summed E-state index contributed by atoms with van der Waals surface area (Å²) < 4.78 is 5.75. The Hall–Kier alpha value is -0.870. The SMILES string of the molecule is CCCc1c(Cl)ncnc1N1C[C@@H](C)O[C@@H](C)C1. The highest BCUT2D eigenvalue weighted by Crippen LogP contribution is 2.27. The van der Waals surface area contributed by atoms with Crippen LogP contribution in [0, 0.1) is 0 Å². The zero-order valence-corrected chi connectivity index (χ0v) is 11.9. The van der Waals surface area contributed by atoms with Gasteiger partial charge in [-0.05, 0) is 20.3 Å². The first-order valence-electron chi connectivity index (χ1n) is 6.51. The summed E-state index contributed by atoms with van der Waals surface area (Å²) in [6.45, 7) is 8.02. The van der Waals surface area contributed by atoms with E-state index in [9.17, 15) is 0 Å². The van der Waals surface area contributed by atoms with Crippen molar-refractivity contribution in [2.24, 2.45) is 0 Å². The van der Waals surface area contributed by atoms with Crippen LogP contribution >= 0.6 is 11.6 Å². The fraction of sp³-hybridized carbons (Fsp3) is 0.692. The molecule has 0 amide bonds. The molecule has 1 aromatic rings. The third-order valence-corrected chi connectivity index (χ3v) is 3.41. The molecule has 1 aromatic heterocycles. The van der Waals surface area contributed by atoms with E-state index in [0.29, 0.717) is 5.15 Å². The second kappa shape index (κ2) is 5.85. The summed E-state index contributed by atoms with van der Waals surface area (Å²) in [6, 6.07) is 0. The Labute approximate surface area is 113 Å². The molecule has 2 rings (SSSR count). The van der Waals surface area contributed by atoms with E-state index >= 15 is 0 Å². The minimum absolute atomic E-state index is 0.219. The van der Waals surface area contributed by atoms with Crippen LogP contribution in [-0.2, 0) is 11.2 Å². The fourth-order valence-corrected chi connectivity index (χ4v) is 2.69. The van der Waals surface area contributed by atoms with Crippen LogP contribution < -0.4 is 4.90 Å². The van der Waals surface area contributed by atoms with E-state index in [0.717, 1.165) is 37.3 Å². The van der Waals surface area contributed by atoms with Gasteiger partial charge in [0.05, 0.1) is 12.2 Å². The molecule has 5 heteroatoms. The molecule has 0 bridgehead atoms. The van der Waals surface area contributed by atoms with Gasteiger partial charge in [-0.1, -0.05) is 24.9 Å². The summed E-state index contributed by atoms with van der Waals surface area (Å²) in [5, 5.41) is 0.577. The predicted molar refractivity (Wildman–Crippen MR) is 73.3 cm³/mol. The number of morpholine rings is 1. The number of aromatic nitrogens is 2. The van der Waals surface area contributed by atoms with E-state index in [4.69, 9.17) is 16.3 Å². The van der Waals surface area contributed by atoms with Gasteiger partial charge in [0.1, 0.15) is 17.3 Å². The Morgan fingerprint density at radius 3 is 2.61 bits per heavy atom. The first-order valence-corrected chi connectivity index (χ1v) is 6.89. The van der Waals surface area contributed by atoms with Crippen LogP contribution in [0.1, 0.15) is 32.8 Å². The van der Waals surface area contributed by atoms with Gasteiger partial charge in [-0.25, -0.2) is 9.97 Å². The molecule has 2 atom stereocenters. The van der Waals surface area contributed by atoms with E-state index in [2.05, 4.69) is 35.6 Å². The molecule has 1 saturated heterocycles. The predicted octanol–water partition coefficient (Wildman–Crippen LogP) is 2.70. The normalized spacial score (nSPS) is 24.3. The van der Waals surface area contributed by atoms with Crippen molar-refractivity contribution in [2.45, 2.75) is 45.8 Å². The Balaban J connectivity index is 2.29. The molecule has 0 unspecified atom stereocenters. The average molecular weight is 270 g/mol. The van der Waals surface area contributed by atoms with E-state index in [1.165, 1.54) is 0 Å². The Kier molecular flexibility index (Phi) is 4.40. The summed E-state index contributed by atoms with van der Waals surface area (Å²) in [5.74, 6) is 0.971. The van der Waals surface area contributed by atoms with Crippen molar-refractivity contribution in [3.63, 3.8) is 0 Å². The van der Waals surface area contributed by atoms with Crippen molar-refractivity contribution in [1.82, 2.24) is 9.97 Å². The topological polar surface area (TPSA) is 38.2 Å². The van der Waals surface area contributed by atoms with Crippen molar-refractivity contribution in [3.8, 4) is 0 Å². The van der Waals surface area contributed by atoms with Gasteiger partial charge >= 0.3 is 0 Å². The zero-order valence-electron chi connectivity index (χ0n) is 11.2. The number of hydrogen-bond donors (Lipinski definition) is 0. The molecule has 0 aromatic carbocycles. The van der Waals surface area contributed by atoms with Gasteiger partial charge < -0.3 is 9.64 Å². The minimum atomic E-state index is 0.219. The van der Waals surface area contributed by atoms with Gasteiger partial charge in [0.15, 0.2) is 0 Å². The lowest BCUT2D eigenvalue weighted by atomic mass is 10.1. The number of hydrogen-bond acceptors (Lipinski definition) is 4. The van der Waals surface area contributed by atoms with Crippen LogP contribution in [0.15, 0.2) is 6.33 Å². The van der Waals surface area contributed by atoms with Gasteiger partial charge in [-0.3, -0.25) is 0 Å². The Morgan fingerprint density at radius 2 is 2.00 bits per heavy atom. The third-order valence-electron chi connectivity index (χ3n) is 3.09. The van der Waals surface area contributed by atoms with Crippen molar-refractivity contribution < 1.29 is 4.74 Å². The third kappa shape index (κ3) is 2.93. The average Bonchev–Trinajstić information content (AvgIpc) is 2.30. The molecule has 1 fully saturated rings. The molecule has 0 N–H and O–H groups in total. The minimum Gasteiger partial charge on any atom is -0.372 e. The second-order valence-corrected chi connectivity index (χ2v) is 5.24. The summed E-state index contributed by atoms with van der Waals surface area (Å²) in [5.41, 5.74) is 1.06. The summed E-state index contributed by atoms with van der Waals surface area (Å²) in [7, 11) is 0. The molecular weight excluding hydrogens is 250 g/mol. The number of anilines is 1. The van der Waals surface area contributed by atoms with E-state index in [-0.39, 0.29) is 12.2 Å². The second-order valence-electron chi connectivity index (χ2n) is 4.88. The van der Waals surface area contributed by atoms with Gasteiger partial charge in [0.25, 0.3) is 0 Å². The molecule has 0 spiro atoms. The number of halogens is 1. The van der Waals surface area contributed by atoms with Gasteiger partial charge in [0, 0.05) is 18.7 Å². The maximum atomic E-state index is 6.19. The summed E-state index contributed by atoms with van der Waals surface area (Å²) >= 11 is 6.19. The monoisotopic (exact) mass is 269 g/mol. The van der Waals surface area contributed by atoms with Gasteiger partial charge in [0.2, 0.25) is 0 Å². The van der Waals surface area contributed by atoms with E-state index in [1.54, 1.807) is 6.33 Å². The molecular formula is C13H20ClN3O. The van der Waals surface area contributed by atoms with Gasteiger partial charge in [-0.2, -0.15) is 0 Å².